The van der Waals surface area contributed by atoms with Crippen LogP contribution in [0.1, 0.15) is 36.6 Å². The van der Waals surface area contributed by atoms with Crippen LogP contribution >= 0.6 is 0 Å². The van der Waals surface area contributed by atoms with E-state index in [2.05, 4.69) is 20.7 Å². The molecule has 0 aliphatic heterocycles. The van der Waals surface area contributed by atoms with E-state index in [0.29, 0.717) is 39.5 Å². The normalized spacial score (nSPS) is 10.6. The number of aromatic hydroxyl groups is 1. The molecule has 0 spiro atoms. The smallest absolute Gasteiger partial charge is 0.507 e. The number of amides is 3. The summed E-state index contributed by atoms with van der Waals surface area (Å²) < 4.78 is 45.8. The van der Waals surface area contributed by atoms with Crippen LogP contribution in [0.15, 0.2) is 188 Å². The number of benzene rings is 9. The minimum Gasteiger partial charge on any atom is -0.507 e. The van der Waals surface area contributed by atoms with Crippen LogP contribution < -0.4 is 31.2 Å². The Morgan fingerprint density at radius 3 is 1.74 bits per heavy atom. The Labute approximate surface area is 387 Å². The Morgan fingerprint density at radius 1 is 0.559 bits per heavy atom. The molecule has 338 valence electrons. The van der Waals surface area contributed by atoms with Gasteiger partial charge in [-0.1, -0.05) is 109 Å². The highest BCUT2D eigenvalue weighted by Crippen LogP contribution is 2.29. The maximum absolute atomic E-state index is 12.5. The zero-order valence-corrected chi connectivity index (χ0v) is 36.0. The molecule has 0 heterocycles. The molecular formula is C54H40F3N5O6. The van der Waals surface area contributed by atoms with E-state index >= 15 is 0 Å². The van der Waals surface area contributed by atoms with Gasteiger partial charge < -0.3 is 36.3 Å². The second-order valence-electron chi connectivity index (χ2n) is 14.9. The number of ether oxygens (including phenoxy) is 2. The van der Waals surface area contributed by atoms with Crippen molar-refractivity contribution in [3.8, 4) is 23.3 Å². The number of anilines is 4. The van der Waals surface area contributed by atoms with Crippen LogP contribution in [0, 0.1) is 11.3 Å². The number of nitrogens with zero attached hydrogens (tertiary/aromatic N) is 1. The molecule has 6 N–H and O–H groups in total. The molecule has 0 saturated carbocycles. The monoisotopic (exact) mass is 911 g/mol. The topological polar surface area (TPSA) is 176 Å². The molecule has 9 rings (SSSR count). The van der Waals surface area contributed by atoms with Gasteiger partial charge in [-0.25, -0.2) is 0 Å². The third-order valence-electron chi connectivity index (χ3n) is 10.3. The zero-order valence-electron chi connectivity index (χ0n) is 36.0. The van der Waals surface area contributed by atoms with Gasteiger partial charge in [0, 0.05) is 23.0 Å². The lowest BCUT2D eigenvalue weighted by Crippen LogP contribution is -2.17. The lowest BCUT2D eigenvalue weighted by atomic mass is 10.0. The number of halogens is 3. The van der Waals surface area contributed by atoms with Gasteiger partial charge in [0.2, 0.25) is 0 Å². The summed E-state index contributed by atoms with van der Waals surface area (Å²) in [5, 5.41) is 32.8. The van der Waals surface area contributed by atoms with Crippen molar-refractivity contribution in [3.63, 3.8) is 0 Å². The molecule has 0 unspecified atom stereocenters. The van der Waals surface area contributed by atoms with Gasteiger partial charge in [0.25, 0.3) is 17.7 Å². The molecule has 3 amide bonds. The molecule has 0 aromatic heterocycles. The number of nitrogen functional groups attached to an aromatic ring is 1. The van der Waals surface area contributed by atoms with Crippen LogP contribution in [0.2, 0.25) is 0 Å². The molecule has 11 nitrogen and oxygen atoms in total. The van der Waals surface area contributed by atoms with Crippen molar-refractivity contribution < 1.29 is 42.1 Å². The number of fused-ring (bicyclic) bond motifs is 3. The summed E-state index contributed by atoms with van der Waals surface area (Å²) in [6, 6.07) is 56.0. The fraction of sp³-hybridized carbons (Fsp3) is 0.0370. The predicted molar refractivity (Wildman–Crippen MR) is 259 cm³/mol. The van der Waals surface area contributed by atoms with Crippen molar-refractivity contribution in [3.05, 3.63) is 210 Å². The molecular weight excluding hydrogens is 872 g/mol. The number of phenols is 1. The van der Waals surface area contributed by atoms with Crippen molar-refractivity contribution in [2.45, 2.75) is 6.36 Å². The number of alkyl halides is 3. The van der Waals surface area contributed by atoms with Gasteiger partial charge in [-0.05, 0) is 105 Å². The molecule has 0 bridgehead atoms. The van der Waals surface area contributed by atoms with Gasteiger partial charge in [0.15, 0.2) is 0 Å². The number of hydrogen-bond acceptors (Lipinski definition) is 8. The molecule has 14 heteroatoms. The minimum atomic E-state index is -4.78. The van der Waals surface area contributed by atoms with E-state index in [0.717, 1.165) is 38.4 Å². The molecule has 9 aromatic carbocycles. The summed E-state index contributed by atoms with van der Waals surface area (Å²) in [4.78, 5) is 37.1. The van der Waals surface area contributed by atoms with E-state index in [4.69, 9.17) is 15.7 Å². The first-order valence-corrected chi connectivity index (χ1v) is 20.7. The van der Waals surface area contributed by atoms with Gasteiger partial charge in [-0.3, -0.25) is 14.4 Å². The van der Waals surface area contributed by atoms with E-state index in [1.165, 1.54) is 18.2 Å². The Morgan fingerprint density at radius 2 is 1.09 bits per heavy atom. The number of hydrogen-bond donors (Lipinski definition) is 5. The van der Waals surface area contributed by atoms with Gasteiger partial charge in [0.1, 0.15) is 23.3 Å². The molecule has 0 radical (unpaired) electrons. The zero-order chi connectivity index (χ0) is 48.2. The van der Waals surface area contributed by atoms with Crippen molar-refractivity contribution in [2.24, 2.45) is 0 Å². The number of nitrogens with one attached hydrogen (secondary N) is 3. The largest absolute Gasteiger partial charge is 0.573 e. The first-order valence-electron chi connectivity index (χ1n) is 20.7. The highest BCUT2D eigenvalue weighted by atomic mass is 19.4. The third-order valence-corrected chi connectivity index (χ3v) is 10.3. The minimum absolute atomic E-state index is 0.0920. The Hall–Kier alpha value is -9.35. The number of nitriles is 1. The number of rotatable bonds is 8. The standard InChI is InChI=1S/C18H12F3NO2.C18H16N2O2.C18H12N2O2/c19-18(20,21)24-16-7-3-6-15(11-16)22-17(23)14-9-8-12-4-1-2-5-13(12)10-14;1-22-17-9-5-4-8-16(17)20-18(21)14-10-12-6-2-3-7-13(12)11-15(14)19;19-11-14-7-3-4-8-16(14)20-18(22)15-9-12-5-1-2-6-13(12)10-17(15)21/h1-11H,(H,22,23);2-11H,19H2,1H3,(H,20,21);1-10,21H,(H,20,22). The lowest BCUT2D eigenvalue weighted by molar-refractivity contribution is -0.274. The summed E-state index contributed by atoms with van der Waals surface area (Å²) in [5.41, 5.74) is 9.13. The van der Waals surface area contributed by atoms with Crippen LogP contribution in [0.25, 0.3) is 32.3 Å². The summed E-state index contributed by atoms with van der Waals surface area (Å²) in [6.45, 7) is 0. The molecule has 0 atom stereocenters. The van der Waals surface area contributed by atoms with Crippen molar-refractivity contribution >= 4 is 72.8 Å². The number of para-hydroxylation sites is 3. The Kier molecular flexibility index (Phi) is 14.5. The molecule has 0 saturated heterocycles. The number of carbonyl (C=O) groups is 3. The van der Waals surface area contributed by atoms with Crippen LogP contribution in [-0.4, -0.2) is 36.3 Å². The van der Waals surface area contributed by atoms with E-state index in [9.17, 15) is 32.7 Å². The summed E-state index contributed by atoms with van der Waals surface area (Å²) in [6.07, 6.45) is -4.78. The molecule has 0 fully saturated rings. The van der Waals surface area contributed by atoms with Crippen molar-refractivity contribution in [2.75, 3.05) is 28.8 Å². The first-order chi connectivity index (χ1) is 32.8. The summed E-state index contributed by atoms with van der Waals surface area (Å²) in [7, 11) is 1.56. The van der Waals surface area contributed by atoms with Crippen molar-refractivity contribution in [1.29, 1.82) is 5.26 Å². The molecule has 0 aliphatic carbocycles. The van der Waals surface area contributed by atoms with Crippen molar-refractivity contribution in [1.82, 2.24) is 0 Å². The number of carbonyl (C=O) groups excluding carboxylic acids is 3. The highest BCUT2D eigenvalue weighted by Gasteiger charge is 2.31. The summed E-state index contributed by atoms with van der Waals surface area (Å²) in [5.74, 6) is -0.997. The Balaban J connectivity index is 0.000000151. The molecule has 68 heavy (non-hydrogen) atoms. The summed E-state index contributed by atoms with van der Waals surface area (Å²) >= 11 is 0. The van der Waals surface area contributed by atoms with E-state index in [1.807, 2.05) is 103 Å². The fourth-order valence-corrected chi connectivity index (χ4v) is 6.99. The average molecular weight is 912 g/mol. The first kappa shape index (κ1) is 46.6. The second kappa shape index (κ2) is 21.1. The van der Waals surface area contributed by atoms with Crippen LogP contribution in [0.5, 0.6) is 17.2 Å². The SMILES string of the molecule is COc1ccccc1NC(=O)c1cc2ccccc2cc1N.N#Cc1ccccc1NC(=O)c1cc2ccccc2cc1O.O=C(Nc1cccc(OC(F)(F)F)c1)c1ccc2ccccc2c1. The van der Waals surface area contributed by atoms with E-state index in [1.54, 1.807) is 73.8 Å². The van der Waals surface area contributed by atoms with Crippen LogP contribution in [0.3, 0.4) is 0 Å². The predicted octanol–water partition coefficient (Wildman–Crippen LogP) is 12.3. The highest BCUT2D eigenvalue weighted by molar-refractivity contribution is 6.11. The molecule has 9 aromatic rings. The number of phenolic OH excluding ortho intramolecular Hbond substituents is 1. The van der Waals surface area contributed by atoms with Crippen LogP contribution in [0.4, 0.5) is 35.9 Å². The third kappa shape index (κ3) is 11.9. The van der Waals surface area contributed by atoms with Gasteiger partial charge in [-0.15, -0.1) is 13.2 Å². The van der Waals surface area contributed by atoms with E-state index in [-0.39, 0.29) is 28.7 Å². The molecule has 0 aliphatic rings. The fourth-order valence-electron chi connectivity index (χ4n) is 6.99. The van der Waals surface area contributed by atoms with Crippen LogP contribution in [-0.2, 0) is 0 Å². The number of methoxy groups -OCH3 is 1. The quantitative estimate of drug-likeness (QED) is 0.0936. The van der Waals surface area contributed by atoms with Gasteiger partial charge >= 0.3 is 6.36 Å². The lowest BCUT2D eigenvalue weighted by Gasteiger charge is -2.12. The maximum Gasteiger partial charge on any atom is 0.573 e. The van der Waals surface area contributed by atoms with Gasteiger partial charge in [0.05, 0.1) is 35.2 Å². The maximum atomic E-state index is 12.5. The van der Waals surface area contributed by atoms with Gasteiger partial charge in [-0.2, -0.15) is 5.26 Å². The Bertz CT molecular complexity index is 3350. The average Bonchev–Trinajstić information content (AvgIpc) is 3.33. The second-order valence-corrected chi connectivity index (χ2v) is 14.9. The number of nitrogens with two attached hydrogens (primary N) is 1. The van der Waals surface area contributed by atoms with E-state index < -0.39 is 18.2 Å².